The lowest BCUT2D eigenvalue weighted by atomic mass is 10.1. The number of carbonyl (C=O) groups excluding carboxylic acids is 1. The SMILES string of the molecule is COC(=O)C1OC1c1ccc(OC)c(C)c1. The van der Waals surface area contributed by atoms with Gasteiger partial charge in [-0.05, 0) is 30.2 Å². The molecule has 0 N–H and O–H groups in total. The molecule has 1 aromatic carbocycles. The highest BCUT2D eigenvalue weighted by atomic mass is 16.6. The van der Waals surface area contributed by atoms with Gasteiger partial charge in [-0.1, -0.05) is 6.07 Å². The molecule has 1 aliphatic rings. The molecule has 16 heavy (non-hydrogen) atoms. The molecule has 0 bridgehead atoms. The first-order valence-electron chi connectivity index (χ1n) is 5.05. The normalized spacial score (nSPS) is 22.7. The largest absolute Gasteiger partial charge is 0.496 e. The average Bonchev–Trinajstić information content (AvgIpc) is 3.08. The smallest absolute Gasteiger partial charge is 0.338 e. The van der Waals surface area contributed by atoms with Gasteiger partial charge in [-0.25, -0.2) is 4.79 Å². The zero-order chi connectivity index (χ0) is 11.7. The van der Waals surface area contributed by atoms with Crippen LogP contribution in [0.25, 0.3) is 0 Å². The second kappa shape index (κ2) is 4.14. The maximum Gasteiger partial charge on any atom is 0.338 e. The molecule has 2 atom stereocenters. The van der Waals surface area contributed by atoms with E-state index in [9.17, 15) is 4.79 Å². The summed E-state index contributed by atoms with van der Waals surface area (Å²) in [4.78, 5) is 11.2. The van der Waals surface area contributed by atoms with Crippen molar-refractivity contribution < 1.29 is 19.0 Å². The number of benzene rings is 1. The van der Waals surface area contributed by atoms with Gasteiger partial charge in [0.15, 0.2) is 6.10 Å². The van der Waals surface area contributed by atoms with Crippen LogP contribution in [0.2, 0.25) is 0 Å². The molecule has 0 aromatic heterocycles. The lowest BCUT2D eigenvalue weighted by molar-refractivity contribution is -0.142. The Kier molecular flexibility index (Phi) is 2.83. The first-order chi connectivity index (χ1) is 7.67. The maximum absolute atomic E-state index is 11.2. The Hall–Kier alpha value is -1.55. The Morgan fingerprint density at radius 2 is 2.12 bits per heavy atom. The number of carbonyl (C=O) groups is 1. The van der Waals surface area contributed by atoms with E-state index in [1.54, 1.807) is 7.11 Å². The standard InChI is InChI=1S/C12H14O4/c1-7-6-8(4-5-9(7)14-2)10-11(16-10)12(13)15-3/h4-6,10-11H,1-3H3. The van der Waals surface area contributed by atoms with Crippen LogP contribution in [0.3, 0.4) is 0 Å². The summed E-state index contributed by atoms with van der Waals surface area (Å²) in [6.07, 6.45) is -0.616. The molecular formula is C12H14O4. The number of aryl methyl sites for hydroxylation is 1. The maximum atomic E-state index is 11.2. The van der Waals surface area contributed by atoms with E-state index in [2.05, 4.69) is 4.74 Å². The summed E-state index contributed by atoms with van der Waals surface area (Å²) in [5.41, 5.74) is 2.01. The van der Waals surface area contributed by atoms with Gasteiger partial charge in [0.2, 0.25) is 0 Å². The van der Waals surface area contributed by atoms with Crippen molar-refractivity contribution in [1.29, 1.82) is 0 Å². The van der Waals surface area contributed by atoms with Crippen LogP contribution < -0.4 is 4.74 Å². The number of hydrogen-bond acceptors (Lipinski definition) is 4. The van der Waals surface area contributed by atoms with E-state index in [1.165, 1.54) is 7.11 Å². The molecular weight excluding hydrogens is 208 g/mol. The molecule has 0 saturated carbocycles. The lowest BCUT2D eigenvalue weighted by Gasteiger charge is -2.05. The summed E-state index contributed by atoms with van der Waals surface area (Å²) < 4.78 is 15.0. The molecule has 1 heterocycles. The third kappa shape index (κ3) is 1.88. The predicted molar refractivity (Wildman–Crippen MR) is 57.4 cm³/mol. The number of methoxy groups -OCH3 is 2. The van der Waals surface area contributed by atoms with Crippen LogP contribution in [0, 0.1) is 6.92 Å². The van der Waals surface area contributed by atoms with Crippen LogP contribution in [0.5, 0.6) is 5.75 Å². The molecule has 0 amide bonds. The zero-order valence-corrected chi connectivity index (χ0v) is 9.52. The van der Waals surface area contributed by atoms with Gasteiger partial charge in [0.1, 0.15) is 11.9 Å². The fraction of sp³-hybridized carbons (Fsp3) is 0.417. The molecule has 0 spiro atoms. The predicted octanol–water partition coefficient (Wildman–Crippen LogP) is 1.62. The molecule has 4 nitrogen and oxygen atoms in total. The minimum Gasteiger partial charge on any atom is -0.496 e. The van der Waals surface area contributed by atoms with E-state index in [0.717, 1.165) is 16.9 Å². The van der Waals surface area contributed by atoms with E-state index >= 15 is 0 Å². The summed E-state index contributed by atoms with van der Waals surface area (Å²) in [6, 6.07) is 5.74. The Morgan fingerprint density at radius 1 is 1.38 bits per heavy atom. The quantitative estimate of drug-likeness (QED) is 0.576. The molecule has 1 aliphatic heterocycles. The topological polar surface area (TPSA) is 48.1 Å². The number of hydrogen-bond donors (Lipinski definition) is 0. The summed E-state index contributed by atoms with van der Waals surface area (Å²) in [5, 5.41) is 0. The Balaban J connectivity index is 2.13. The van der Waals surface area contributed by atoms with E-state index in [1.807, 2.05) is 25.1 Å². The van der Waals surface area contributed by atoms with Gasteiger partial charge in [0.05, 0.1) is 14.2 Å². The number of ether oxygens (including phenoxy) is 3. The van der Waals surface area contributed by atoms with Crippen molar-refractivity contribution in [2.24, 2.45) is 0 Å². The second-order valence-electron chi connectivity index (χ2n) is 3.73. The third-order valence-corrected chi connectivity index (χ3v) is 2.67. The summed E-state index contributed by atoms with van der Waals surface area (Å²) >= 11 is 0. The molecule has 86 valence electrons. The van der Waals surface area contributed by atoms with E-state index in [4.69, 9.17) is 9.47 Å². The van der Waals surface area contributed by atoms with Crippen molar-refractivity contribution in [3.8, 4) is 5.75 Å². The average molecular weight is 222 g/mol. The summed E-state index contributed by atoms with van der Waals surface area (Å²) in [6.45, 7) is 1.96. The van der Waals surface area contributed by atoms with Crippen molar-refractivity contribution in [3.05, 3.63) is 29.3 Å². The van der Waals surface area contributed by atoms with E-state index < -0.39 is 6.10 Å². The first kappa shape index (κ1) is 11.0. The second-order valence-corrected chi connectivity index (χ2v) is 3.73. The monoisotopic (exact) mass is 222 g/mol. The van der Waals surface area contributed by atoms with Crippen LogP contribution in [0.15, 0.2) is 18.2 Å². The fourth-order valence-corrected chi connectivity index (χ4v) is 1.74. The zero-order valence-electron chi connectivity index (χ0n) is 9.52. The van der Waals surface area contributed by atoms with Gasteiger partial charge in [0.25, 0.3) is 0 Å². The van der Waals surface area contributed by atoms with E-state index in [-0.39, 0.29) is 12.1 Å². The number of epoxide rings is 1. The van der Waals surface area contributed by atoms with Gasteiger partial charge >= 0.3 is 5.97 Å². The van der Waals surface area contributed by atoms with Crippen LogP contribution in [-0.2, 0) is 14.3 Å². The fourth-order valence-electron chi connectivity index (χ4n) is 1.74. The van der Waals surface area contributed by atoms with Gasteiger partial charge in [-0.2, -0.15) is 0 Å². The highest BCUT2D eigenvalue weighted by Crippen LogP contribution is 2.40. The first-order valence-corrected chi connectivity index (χ1v) is 5.05. The highest BCUT2D eigenvalue weighted by molar-refractivity contribution is 5.78. The van der Waals surface area contributed by atoms with Gasteiger partial charge in [0, 0.05) is 0 Å². The molecule has 2 unspecified atom stereocenters. The third-order valence-electron chi connectivity index (χ3n) is 2.67. The van der Waals surface area contributed by atoms with Crippen LogP contribution >= 0.6 is 0 Å². The van der Waals surface area contributed by atoms with Gasteiger partial charge < -0.3 is 14.2 Å². The molecule has 4 heteroatoms. The van der Waals surface area contributed by atoms with Crippen molar-refractivity contribution >= 4 is 5.97 Å². The lowest BCUT2D eigenvalue weighted by Crippen LogP contribution is -2.09. The highest BCUT2D eigenvalue weighted by Gasteiger charge is 2.47. The van der Waals surface area contributed by atoms with Gasteiger partial charge in [-0.15, -0.1) is 0 Å². The summed E-state index contributed by atoms with van der Waals surface area (Å²) in [5.74, 6) is 0.512. The Morgan fingerprint density at radius 3 is 2.69 bits per heavy atom. The van der Waals surface area contributed by atoms with E-state index in [0.29, 0.717) is 0 Å². The molecule has 2 rings (SSSR count). The minimum absolute atomic E-state index is 0.169. The minimum atomic E-state index is -0.446. The van der Waals surface area contributed by atoms with Crippen molar-refractivity contribution in [3.63, 3.8) is 0 Å². The van der Waals surface area contributed by atoms with Crippen molar-refractivity contribution in [1.82, 2.24) is 0 Å². The Labute approximate surface area is 94.1 Å². The molecule has 0 aliphatic carbocycles. The van der Waals surface area contributed by atoms with Crippen molar-refractivity contribution in [2.45, 2.75) is 19.1 Å². The molecule has 1 fully saturated rings. The van der Waals surface area contributed by atoms with Crippen LogP contribution in [0.1, 0.15) is 17.2 Å². The van der Waals surface area contributed by atoms with Gasteiger partial charge in [-0.3, -0.25) is 0 Å². The molecule has 1 aromatic rings. The van der Waals surface area contributed by atoms with Crippen LogP contribution in [-0.4, -0.2) is 26.3 Å². The summed E-state index contributed by atoms with van der Waals surface area (Å²) in [7, 11) is 2.99. The van der Waals surface area contributed by atoms with Crippen LogP contribution in [0.4, 0.5) is 0 Å². The molecule has 1 saturated heterocycles. The van der Waals surface area contributed by atoms with Crippen molar-refractivity contribution in [2.75, 3.05) is 14.2 Å². The number of rotatable bonds is 3. The molecule has 0 radical (unpaired) electrons. The number of esters is 1. The Bertz CT molecular complexity index is 413.